The van der Waals surface area contributed by atoms with Gasteiger partial charge < -0.3 is 15.8 Å². The zero-order valence-electron chi connectivity index (χ0n) is 13.9. The van der Waals surface area contributed by atoms with Crippen molar-refractivity contribution in [3.8, 4) is 0 Å². The van der Waals surface area contributed by atoms with Gasteiger partial charge in [-0.1, -0.05) is 25.4 Å². The van der Waals surface area contributed by atoms with E-state index in [0.717, 1.165) is 24.3 Å². The molecule has 2 rings (SSSR count). The molecule has 0 spiro atoms. The Labute approximate surface area is 135 Å². The van der Waals surface area contributed by atoms with Crippen LogP contribution in [0.1, 0.15) is 18.9 Å². The van der Waals surface area contributed by atoms with Gasteiger partial charge in [0.2, 0.25) is 0 Å². The third-order valence-electron chi connectivity index (χ3n) is 3.87. The second kappa shape index (κ2) is 8.37. The highest BCUT2D eigenvalue weighted by Gasteiger charge is 2.00. The van der Waals surface area contributed by atoms with Crippen molar-refractivity contribution >= 4 is 24.9 Å². The van der Waals surface area contributed by atoms with E-state index in [1.165, 1.54) is 24.0 Å². The van der Waals surface area contributed by atoms with Gasteiger partial charge >= 0.3 is 0 Å². The Bertz CT molecular complexity index is 552. The Morgan fingerprint density at radius 1 is 0.909 bits per heavy atom. The molecule has 0 heterocycles. The Kier molecular flexibility index (Phi) is 6.20. The average Bonchev–Trinajstić information content (AvgIpc) is 2.58. The van der Waals surface area contributed by atoms with E-state index in [2.05, 4.69) is 86.1 Å². The van der Waals surface area contributed by atoms with Crippen LogP contribution in [0.15, 0.2) is 48.5 Å². The van der Waals surface area contributed by atoms with E-state index >= 15 is 0 Å². The van der Waals surface area contributed by atoms with E-state index < -0.39 is 0 Å². The predicted molar refractivity (Wildman–Crippen MR) is 101 cm³/mol. The first kappa shape index (κ1) is 16.3. The number of hydrazine groups is 1. The van der Waals surface area contributed by atoms with Crippen LogP contribution in [0.25, 0.3) is 0 Å². The summed E-state index contributed by atoms with van der Waals surface area (Å²) in [6, 6.07) is 17.0. The van der Waals surface area contributed by atoms with Gasteiger partial charge in [-0.3, -0.25) is 0 Å². The standard InChI is InChI=1S/C18H26BN3/c1-3-15-5-7-16(8-6-15)20-21-17-9-11-18(12-10-17)22(2)14-4-13-19/h5-12,20-21H,3-4,13-14,19H2,1-2H3. The lowest BCUT2D eigenvalue weighted by atomic mass is 10.0. The number of nitrogens with zero attached hydrogens (tertiary/aromatic N) is 1. The summed E-state index contributed by atoms with van der Waals surface area (Å²) < 4.78 is 0. The van der Waals surface area contributed by atoms with Crippen molar-refractivity contribution in [2.24, 2.45) is 0 Å². The van der Waals surface area contributed by atoms with Crippen molar-refractivity contribution < 1.29 is 0 Å². The van der Waals surface area contributed by atoms with Crippen LogP contribution >= 0.6 is 0 Å². The third kappa shape index (κ3) is 4.73. The lowest BCUT2D eigenvalue weighted by Crippen LogP contribution is -2.18. The minimum Gasteiger partial charge on any atom is -0.375 e. The molecule has 0 aliphatic heterocycles. The van der Waals surface area contributed by atoms with E-state index in [1.54, 1.807) is 0 Å². The van der Waals surface area contributed by atoms with Crippen LogP contribution in [0, 0.1) is 0 Å². The molecule has 2 aromatic carbocycles. The smallest absolute Gasteiger partial charge is 0.101 e. The summed E-state index contributed by atoms with van der Waals surface area (Å²) in [5, 5.41) is 0. The maximum atomic E-state index is 3.24. The number of rotatable bonds is 8. The highest BCUT2D eigenvalue weighted by atomic mass is 15.4. The van der Waals surface area contributed by atoms with Gasteiger partial charge in [-0.05, 0) is 54.8 Å². The molecule has 0 unspecified atom stereocenters. The number of hydrogen-bond acceptors (Lipinski definition) is 3. The molecule has 2 aromatic rings. The van der Waals surface area contributed by atoms with Crippen LogP contribution in [0.4, 0.5) is 17.1 Å². The van der Waals surface area contributed by atoms with Crippen LogP contribution in [0.3, 0.4) is 0 Å². The van der Waals surface area contributed by atoms with Crippen LogP contribution in [0.5, 0.6) is 0 Å². The third-order valence-corrected chi connectivity index (χ3v) is 3.87. The summed E-state index contributed by atoms with van der Waals surface area (Å²) in [4.78, 5) is 2.30. The van der Waals surface area contributed by atoms with Gasteiger partial charge in [-0.25, -0.2) is 0 Å². The quantitative estimate of drug-likeness (QED) is 0.576. The van der Waals surface area contributed by atoms with Crippen molar-refractivity contribution in [2.45, 2.75) is 26.1 Å². The maximum absolute atomic E-state index is 3.24. The topological polar surface area (TPSA) is 27.3 Å². The number of nitrogens with one attached hydrogen (secondary N) is 2. The lowest BCUT2D eigenvalue weighted by molar-refractivity contribution is 0.851. The molecule has 0 aliphatic carbocycles. The first-order valence-corrected chi connectivity index (χ1v) is 8.15. The first-order valence-electron chi connectivity index (χ1n) is 8.15. The molecule has 0 aromatic heterocycles. The van der Waals surface area contributed by atoms with Crippen molar-refractivity contribution in [1.29, 1.82) is 0 Å². The highest BCUT2D eigenvalue weighted by Crippen LogP contribution is 2.18. The minimum absolute atomic E-state index is 1.06. The zero-order chi connectivity index (χ0) is 15.8. The molecule has 2 N–H and O–H groups in total. The molecule has 0 radical (unpaired) electrons. The van der Waals surface area contributed by atoms with Gasteiger partial charge in [-0.15, -0.1) is 0 Å². The van der Waals surface area contributed by atoms with Crippen LogP contribution in [-0.2, 0) is 6.42 Å². The minimum atomic E-state index is 1.06. The van der Waals surface area contributed by atoms with E-state index in [9.17, 15) is 0 Å². The zero-order valence-corrected chi connectivity index (χ0v) is 13.9. The fraction of sp³-hybridized carbons (Fsp3) is 0.333. The van der Waals surface area contributed by atoms with Crippen molar-refractivity contribution in [2.75, 3.05) is 29.3 Å². The molecule has 0 bridgehead atoms. The van der Waals surface area contributed by atoms with Gasteiger partial charge in [0.15, 0.2) is 0 Å². The summed E-state index contributed by atoms with van der Waals surface area (Å²) in [6.45, 7) is 3.27. The van der Waals surface area contributed by atoms with Gasteiger partial charge in [-0.2, -0.15) is 0 Å². The summed E-state index contributed by atoms with van der Waals surface area (Å²) >= 11 is 0. The monoisotopic (exact) mass is 295 g/mol. The molecule has 116 valence electrons. The van der Waals surface area contributed by atoms with Gasteiger partial charge in [0, 0.05) is 19.3 Å². The molecule has 0 aliphatic rings. The Balaban J connectivity index is 1.87. The van der Waals surface area contributed by atoms with Crippen LogP contribution in [-0.4, -0.2) is 21.4 Å². The van der Waals surface area contributed by atoms with Crippen molar-refractivity contribution in [1.82, 2.24) is 0 Å². The Morgan fingerprint density at radius 2 is 1.45 bits per heavy atom. The Hall–Kier alpha value is -2.10. The van der Waals surface area contributed by atoms with Crippen LogP contribution in [0.2, 0.25) is 6.32 Å². The summed E-state index contributed by atoms with van der Waals surface area (Å²) in [5.41, 5.74) is 11.2. The molecule has 0 saturated heterocycles. The molecular formula is C18H26BN3. The molecule has 0 saturated carbocycles. The molecule has 3 nitrogen and oxygen atoms in total. The fourth-order valence-corrected chi connectivity index (χ4v) is 2.29. The number of hydrogen-bond donors (Lipinski definition) is 2. The molecule has 0 atom stereocenters. The first-order chi connectivity index (χ1) is 10.7. The summed E-state index contributed by atoms with van der Waals surface area (Å²) in [5.74, 6) is 0. The normalized spacial score (nSPS) is 10.3. The van der Waals surface area contributed by atoms with Gasteiger partial charge in [0.1, 0.15) is 7.85 Å². The second-order valence-electron chi connectivity index (χ2n) is 5.62. The summed E-state index contributed by atoms with van der Waals surface area (Å²) in [7, 11) is 4.37. The van der Waals surface area contributed by atoms with Crippen molar-refractivity contribution in [3.63, 3.8) is 0 Å². The van der Waals surface area contributed by atoms with E-state index in [-0.39, 0.29) is 0 Å². The number of anilines is 3. The average molecular weight is 295 g/mol. The number of benzene rings is 2. The van der Waals surface area contributed by atoms with Gasteiger partial charge in [0.05, 0.1) is 11.4 Å². The lowest BCUT2D eigenvalue weighted by Gasteiger charge is -2.19. The summed E-state index contributed by atoms with van der Waals surface area (Å²) in [6.07, 6.45) is 3.53. The largest absolute Gasteiger partial charge is 0.375 e. The molecular weight excluding hydrogens is 269 g/mol. The van der Waals surface area contributed by atoms with E-state index in [1.807, 2.05) is 0 Å². The van der Waals surface area contributed by atoms with E-state index in [4.69, 9.17) is 0 Å². The second-order valence-corrected chi connectivity index (χ2v) is 5.62. The molecule has 4 heteroatoms. The molecule has 22 heavy (non-hydrogen) atoms. The SMILES string of the molecule is BCCCN(C)c1ccc(NNc2ccc(CC)cc2)cc1. The molecule has 0 fully saturated rings. The van der Waals surface area contributed by atoms with E-state index in [0.29, 0.717) is 0 Å². The number of aryl methyl sites for hydroxylation is 1. The fourth-order valence-electron chi connectivity index (χ4n) is 2.29. The highest BCUT2D eigenvalue weighted by molar-refractivity contribution is 6.08. The molecule has 0 amide bonds. The maximum Gasteiger partial charge on any atom is 0.101 e. The van der Waals surface area contributed by atoms with Crippen LogP contribution < -0.4 is 15.8 Å². The van der Waals surface area contributed by atoms with Crippen molar-refractivity contribution in [3.05, 3.63) is 54.1 Å². The predicted octanol–water partition coefficient (Wildman–Crippen LogP) is 3.57. The van der Waals surface area contributed by atoms with Gasteiger partial charge in [0.25, 0.3) is 0 Å². The Morgan fingerprint density at radius 3 is 1.95 bits per heavy atom.